The minimum atomic E-state index is -2.58. The highest BCUT2D eigenvalue weighted by molar-refractivity contribution is 8.23. The fourth-order valence-corrected chi connectivity index (χ4v) is 2.51. The second kappa shape index (κ2) is 4.81. The van der Waals surface area contributed by atoms with Crippen molar-refractivity contribution >= 4 is 10.8 Å². The fourth-order valence-electron chi connectivity index (χ4n) is 1.51. The Kier molecular flexibility index (Phi) is 4.21. The third-order valence-electron chi connectivity index (χ3n) is 2.72. The minimum absolute atomic E-state index is 0.109. The molecule has 0 atom stereocenters. The van der Waals surface area contributed by atoms with Gasteiger partial charge in [-0.1, -0.05) is 0 Å². The Hall–Kier alpha value is 0.190. The molecule has 0 spiro atoms. The smallest absolute Gasteiger partial charge is 0.0582 e. The standard InChI is InChI=1S/C9H22N2O2S/c1-8(2)14(12,13)10-9-4-6-11(3)7-5-9/h8-10,12-13H,4-7H2,1-3H3. The summed E-state index contributed by atoms with van der Waals surface area (Å²) in [6.45, 7) is 5.73. The molecule has 1 heterocycles. The predicted octanol–water partition coefficient (Wildman–Crippen LogP) is 1.74. The summed E-state index contributed by atoms with van der Waals surface area (Å²) in [4.78, 5) is 2.26. The van der Waals surface area contributed by atoms with Gasteiger partial charge in [0.25, 0.3) is 0 Å². The van der Waals surface area contributed by atoms with E-state index in [0.29, 0.717) is 0 Å². The summed E-state index contributed by atoms with van der Waals surface area (Å²) in [6, 6.07) is 0.263. The van der Waals surface area contributed by atoms with E-state index in [4.69, 9.17) is 0 Å². The normalized spacial score (nSPS) is 23.0. The Balaban J connectivity index is 2.37. The second-order valence-electron chi connectivity index (χ2n) is 4.34. The van der Waals surface area contributed by atoms with Gasteiger partial charge in [0.2, 0.25) is 0 Å². The summed E-state index contributed by atoms with van der Waals surface area (Å²) < 4.78 is 22.4. The van der Waals surface area contributed by atoms with Crippen molar-refractivity contribution in [2.24, 2.45) is 0 Å². The van der Waals surface area contributed by atoms with E-state index in [9.17, 15) is 9.11 Å². The van der Waals surface area contributed by atoms with E-state index in [1.807, 2.05) is 13.8 Å². The van der Waals surface area contributed by atoms with Crippen molar-refractivity contribution < 1.29 is 9.11 Å². The fraction of sp³-hybridized carbons (Fsp3) is 1.00. The maximum absolute atomic E-state index is 9.72. The quantitative estimate of drug-likeness (QED) is 0.681. The molecule has 0 unspecified atom stereocenters. The molecule has 0 bridgehead atoms. The van der Waals surface area contributed by atoms with E-state index >= 15 is 0 Å². The zero-order chi connectivity index (χ0) is 10.8. The molecular formula is C9H22N2O2S. The zero-order valence-electron chi connectivity index (χ0n) is 9.23. The summed E-state index contributed by atoms with van der Waals surface area (Å²) >= 11 is 0. The van der Waals surface area contributed by atoms with E-state index in [0.717, 1.165) is 25.9 Å². The highest BCUT2D eigenvalue weighted by Gasteiger charge is 2.24. The lowest BCUT2D eigenvalue weighted by atomic mass is 10.1. The number of piperidine rings is 1. The van der Waals surface area contributed by atoms with Crippen molar-refractivity contribution in [1.82, 2.24) is 9.62 Å². The highest BCUT2D eigenvalue weighted by atomic mass is 32.3. The van der Waals surface area contributed by atoms with Gasteiger partial charge >= 0.3 is 0 Å². The summed E-state index contributed by atoms with van der Waals surface area (Å²) in [5.74, 6) is 0. The first kappa shape index (κ1) is 12.3. The zero-order valence-corrected chi connectivity index (χ0v) is 10.0. The largest absolute Gasteiger partial charge is 0.306 e. The third kappa shape index (κ3) is 3.40. The van der Waals surface area contributed by atoms with Crippen LogP contribution < -0.4 is 4.72 Å². The van der Waals surface area contributed by atoms with Gasteiger partial charge < -0.3 is 4.90 Å². The van der Waals surface area contributed by atoms with Crippen LogP contribution in [0.15, 0.2) is 0 Å². The molecule has 14 heavy (non-hydrogen) atoms. The average molecular weight is 222 g/mol. The molecule has 0 aromatic carbocycles. The topological polar surface area (TPSA) is 55.7 Å². The molecule has 0 aliphatic carbocycles. The van der Waals surface area contributed by atoms with Crippen molar-refractivity contribution in [1.29, 1.82) is 0 Å². The van der Waals surface area contributed by atoms with Gasteiger partial charge in [-0.25, -0.2) is 4.72 Å². The van der Waals surface area contributed by atoms with Crippen LogP contribution in [0.4, 0.5) is 0 Å². The van der Waals surface area contributed by atoms with E-state index in [1.165, 1.54) is 0 Å². The molecule has 1 aliphatic rings. The molecule has 1 aliphatic heterocycles. The van der Waals surface area contributed by atoms with Crippen molar-refractivity contribution in [3.05, 3.63) is 0 Å². The number of hydrogen-bond donors (Lipinski definition) is 3. The van der Waals surface area contributed by atoms with Crippen LogP contribution in [0.5, 0.6) is 0 Å². The van der Waals surface area contributed by atoms with E-state index in [-0.39, 0.29) is 11.3 Å². The first-order valence-electron chi connectivity index (χ1n) is 5.14. The lowest BCUT2D eigenvalue weighted by Crippen LogP contribution is -2.43. The Labute approximate surface area is 88.2 Å². The van der Waals surface area contributed by atoms with Crippen LogP contribution in [0.2, 0.25) is 0 Å². The maximum Gasteiger partial charge on any atom is 0.0582 e. The van der Waals surface area contributed by atoms with Gasteiger partial charge in [0, 0.05) is 6.04 Å². The van der Waals surface area contributed by atoms with Crippen LogP contribution in [0.3, 0.4) is 0 Å². The highest BCUT2D eigenvalue weighted by Crippen LogP contribution is 2.40. The van der Waals surface area contributed by atoms with Gasteiger partial charge in [0.05, 0.1) is 5.25 Å². The third-order valence-corrected chi connectivity index (χ3v) is 4.71. The van der Waals surface area contributed by atoms with Crippen LogP contribution in [0.25, 0.3) is 0 Å². The molecule has 0 amide bonds. The van der Waals surface area contributed by atoms with Crippen molar-refractivity contribution in [3.8, 4) is 0 Å². The van der Waals surface area contributed by atoms with Crippen molar-refractivity contribution in [3.63, 3.8) is 0 Å². The van der Waals surface area contributed by atoms with Crippen LogP contribution in [0, 0.1) is 0 Å². The molecular weight excluding hydrogens is 200 g/mol. The van der Waals surface area contributed by atoms with Crippen LogP contribution >= 0.6 is 10.8 Å². The molecule has 0 saturated carbocycles. The molecule has 3 N–H and O–H groups in total. The number of hydrogen-bond acceptors (Lipinski definition) is 4. The first-order valence-corrected chi connectivity index (χ1v) is 6.75. The molecule has 1 saturated heterocycles. The van der Waals surface area contributed by atoms with Gasteiger partial charge in [-0.05, 0) is 46.8 Å². The van der Waals surface area contributed by atoms with Gasteiger partial charge in [0.1, 0.15) is 0 Å². The molecule has 1 fully saturated rings. The molecule has 1 rings (SSSR count). The van der Waals surface area contributed by atoms with Crippen molar-refractivity contribution in [2.75, 3.05) is 20.1 Å². The van der Waals surface area contributed by atoms with Crippen LogP contribution in [-0.2, 0) is 0 Å². The summed E-state index contributed by atoms with van der Waals surface area (Å²) in [6.07, 6.45) is 2.00. The van der Waals surface area contributed by atoms with E-state index < -0.39 is 10.8 Å². The maximum atomic E-state index is 9.72. The van der Waals surface area contributed by atoms with Crippen LogP contribution in [-0.4, -0.2) is 45.4 Å². The monoisotopic (exact) mass is 222 g/mol. The SMILES string of the molecule is CC(C)S(O)(O)NC1CCN(C)CC1. The van der Waals surface area contributed by atoms with Gasteiger partial charge in [-0.15, -0.1) is 10.8 Å². The van der Waals surface area contributed by atoms with Gasteiger partial charge in [0.15, 0.2) is 0 Å². The average Bonchev–Trinajstić information content (AvgIpc) is 2.08. The predicted molar refractivity (Wildman–Crippen MR) is 61.6 cm³/mol. The molecule has 4 nitrogen and oxygen atoms in total. The molecule has 0 aromatic rings. The number of likely N-dealkylation sites (tertiary alicyclic amines) is 1. The Morgan fingerprint density at radius 3 is 2.21 bits per heavy atom. The van der Waals surface area contributed by atoms with Gasteiger partial charge in [-0.2, -0.15) is 0 Å². The summed E-state index contributed by atoms with van der Waals surface area (Å²) in [7, 11) is -0.490. The molecule has 86 valence electrons. The van der Waals surface area contributed by atoms with E-state index in [2.05, 4.69) is 16.7 Å². The van der Waals surface area contributed by atoms with Gasteiger partial charge in [-0.3, -0.25) is 9.11 Å². The Morgan fingerprint density at radius 2 is 1.79 bits per heavy atom. The summed E-state index contributed by atoms with van der Waals surface area (Å²) in [5.41, 5.74) is 0. The van der Waals surface area contributed by atoms with Crippen LogP contribution in [0.1, 0.15) is 26.7 Å². The molecule has 5 heteroatoms. The number of nitrogens with one attached hydrogen (secondary N) is 1. The number of nitrogens with zero attached hydrogens (tertiary/aromatic N) is 1. The minimum Gasteiger partial charge on any atom is -0.306 e. The first-order chi connectivity index (χ1) is 6.42. The Morgan fingerprint density at radius 1 is 1.29 bits per heavy atom. The lowest BCUT2D eigenvalue weighted by molar-refractivity contribution is 0.244. The van der Waals surface area contributed by atoms with E-state index in [1.54, 1.807) is 0 Å². The second-order valence-corrected chi connectivity index (χ2v) is 6.70. The number of rotatable bonds is 3. The summed E-state index contributed by atoms with van der Waals surface area (Å²) in [5, 5.41) is -0.109. The Bertz CT molecular complexity index is 180. The van der Waals surface area contributed by atoms with Crippen molar-refractivity contribution in [2.45, 2.75) is 38.0 Å². The molecule has 0 radical (unpaired) electrons. The lowest BCUT2D eigenvalue weighted by Gasteiger charge is -2.42. The molecule has 0 aromatic heterocycles.